The molecule has 2 heterocycles. The highest BCUT2D eigenvalue weighted by atomic mass is 32.2. The van der Waals surface area contributed by atoms with Crippen molar-refractivity contribution in [3.05, 3.63) is 36.2 Å². The third-order valence-corrected chi connectivity index (χ3v) is 10.3. The summed E-state index contributed by atoms with van der Waals surface area (Å²) in [6, 6.07) is 9.62. The minimum absolute atomic E-state index is 0.0132. The van der Waals surface area contributed by atoms with Gasteiger partial charge in [-0.1, -0.05) is 24.6 Å². The minimum Gasteiger partial charge on any atom is -0.455 e. The Labute approximate surface area is 173 Å². The fourth-order valence-corrected chi connectivity index (χ4v) is 9.00. The van der Waals surface area contributed by atoms with Crippen molar-refractivity contribution in [3.8, 4) is 11.5 Å². The average molecular weight is 417 g/mol. The fraction of sp³-hybridized carbons (Fsp3) is 0.571. The lowest BCUT2D eigenvalue weighted by Crippen LogP contribution is -2.48. The van der Waals surface area contributed by atoms with Crippen LogP contribution in [0.3, 0.4) is 0 Å². The third-order valence-electron chi connectivity index (χ3n) is 6.28. The molecule has 5 rings (SSSR count). The smallest absolute Gasteiger partial charge is 0.309 e. The second-order valence-electron chi connectivity index (χ2n) is 7.89. The molecular formula is C21H24N2O3S2. The van der Waals surface area contributed by atoms with Gasteiger partial charge in [-0.15, -0.1) is 33.7 Å². The van der Waals surface area contributed by atoms with Crippen LogP contribution in [0.2, 0.25) is 0 Å². The SMILES string of the molecule is O=C(OCc1nnc(-c2ccccc2)o1)C1C[C@H]2CCC[C@@H](C1)C21SCCS1. The summed E-state index contributed by atoms with van der Waals surface area (Å²) in [6.45, 7) is 0.0547. The van der Waals surface area contributed by atoms with Gasteiger partial charge in [-0.3, -0.25) is 4.79 Å². The third kappa shape index (κ3) is 3.36. The minimum atomic E-state index is -0.0980. The van der Waals surface area contributed by atoms with Gasteiger partial charge in [0, 0.05) is 17.1 Å². The number of ether oxygens (including phenoxy) is 1. The van der Waals surface area contributed by atoms with Crippen LogP contribution in [0.4, 0.5) is 0 Å². The predicted octanol–water partition coefficient (Wildman–Crippen LogP) is 4.78. The largest absolute Gasteiger partial charge is 0.455 e. The van der Waals surface area contributed by atoms with Gasteiger partial charge in [0.1, 0.15) is 0 Å². The number of carbonyl (C=O) groups is 1. The summed E-state index contributed by atoms with van der Waals surface area (Å²) >= 11 is 4.32. The Morgan fingerprint density at radius 1 is 1.11 bits per heavy atom. The van der Waals surface area contributed by atoms with E-state index in [9.17, 15) is 4.79 Å². The van der Waals surface area contributed by atoms with E-state index in [1.165, 1.54) is 30.8 Å². The Kier molecular flexibility index (Phi) is 5.13. The first-order valence-corrected chi connectivity index (χ1v) is 12.0. The first-order valence-electron chi connectivity index (χ1n) is 10.1. The normalized spacial score (nSPS) is 28.4. The number of rotatable bonds is 4. The molecule has 2 saturated carbocycles. The molecule has 2 aromatic rings. The molecule has 1 aromatic carbocycles. The molecule has 3 atom stereocenters. The maximum Gasteiger partial charge on any atom is 0.309 e. The van der Waals surface area contributed by atoms with Crippen molar-refractivity contribution in [2.24, 2.45) is 17.8 Å². The first kappa shape index (κ1) is 18.6. The van der Waals surface area contributed by atoms with Gasteiger partial charge in [0.05, 0.1) is 10.00 Å². The van der Waals surface area contributed by atoms with E-state index in [2.05, 4.69) is 33.7 Å². The highest BCUT2D eigenvalue weighted by Gasteiger charge is 2.55. The van der Waals surface area contributed by atoms with Crippen LogP contribution in [-0.4, -0.2) is 31.8 Å². The van der Waals surface area contributed by atoms with Crippen LogP contribution in [0.1, 0.15) is 38.0 Å². The molecule has 7 heteroatoms. The van der Waals surface area contributed by atoms with E-state index in [4.69, 9.17) is 9.15 Å². The zero-order chi connectivity index (χ0) is 19.0. The van der Waals surface area contributed by atoms with Crippen LogP contribution in [0.5, 0.6) is 0 Å². The van der Waals surface area contributed by atoms with Crippen molar-refractivity contribution >= 4 is 29.5 Å². The molecule has 1 saturated heterocycles. The lowest BCUT2D eigenvalue weighted by atomic mass is 9.67. The van der Waals surface area contributed by atoms with Crippen molar-refractivity contribution in [2.45, 2.75) is 42.8 Å². The number of thioether (sulfide) groups is 2. The van der Waals surface area contributed by atoms with E-state index in [-0.39, 0.29) is 18.5 Å². The summed E-state index contributed by atoms with van der Waals surface area (Å²) in [5.41, 5.74) is 0.865. The molecule has 1 spiro atoms. The number of nitrogens with zero attached hydrogens (tertiary/aromatic N) is 2. The summed E-state index contributed by atoms with van der Waals surface area (Å²) in [4.78, 5) is 12.8. The van der Waals surface area contributed by atoms with Gasteiger partial charge in [-0.25, -0.2) is 0 Å². The van der Waals surface area contributed by atoms with Crippen molar-refractivity contribution in [1.82, 2.24) is 10.2 Å². The topological polar surface area (TPSA) is 65.2 Å². The van der Waals surface area contributed by atoms with Crippen molar-refractivity contribution < 1.29 is 13.9 Å². The maximum atomic E-state index is 12.8. The van der Waals surface area contributed by atoms with Gasteiger partial charge in [-0.2, -0.15) is 0 Å². The second kappa shape index (κ2) is 7.75. The molecule has 28 heavy (non-hydrogen) atoms. The van der Waals surface area contributed by atoms with Gasteiger partial charge in [0.2, 0.25) is 5.89 Å². The Morgan fingerprint density at radius 3 is 2.54 bits per heavy atom. The van der Waals surface area contributed by atoms with Crippen LogP contribution in [-0.2, 0) is 16.1 Å². The van der Waals surface area contributed by atoms with E-state index in [0.29, 0.717) is 27.7 Å². The monoisotopic (exact) mass is 416 g/mol. The molecule has 5 nitrogen and oxygen atoms in total. The number of esters is 1. The van der Waals surface area contributed by atoms with Crippen molar-refractivity contribution in [2.75, 3.05) is 11.5 Å². The van der Waals surface area contributed by atoms with E-state index in [1.807, 2.05) is 30.3 Å². The number of hydrogen-bond acceptors (Lipinski definition) is 7. The lowest BCUT2D eigenvalue weighted by Gasteiger charge is -2.51. The molecule has 0 N–H and O–H groups in total. The zero-order valence-corrected chi connectivity index (χ0v) is 17.3. The van der Waals surface area contributed by atoms with Crippen molar-refractivity contribution in [1.29, 1.82) is 0 Å². The summed E-state index contributed by atoms with van der Waals surface area (Å²) in [5.74, 6) is 4.52. The molecule has 148 valence electrons. The highest BCUT2D eigenvalue weighted by molar-refractivity contribution is 8.21. The standard InChI is InChI=1S/C21H24N2O3S2/c24-20(25-13-18-22-23-19(26-18)14-5-2-1-3-6-14)15-11-16-7-4-8-17(12-15)21(16)27-9-10-28-21/h1-3,5-6,15-17H,4,7-13H2/t15?,16-,17+. The summed E-state index contributed by atoms with van der Waals surface area (Å²) < 4.78 is 11.6. The Bertz CT molecular complexity index is 819. The molecule has 2 bridgehead atoms. The molecule has 2 aliphatic carbocycles. The number of aromatic nitrogens is 2. The van der Waals surface area contributed by atoms with Gasteiger partial charge < -0.3 is 9.15 Å². The Balaban J connectivity index is 1.21. The number of carbonyl (C=O) groups excluding carboxylic acids is 1. The van der Waals surface area contributed by atoms with Crippen LogP contribution >= 0.6 is 23.5 Å². The number of hydrogen-bond donors (Lipinski definition) is 0. The van der Waals surface area contributed by atoms with Gasteiger partial charge in [0.25, 0.3) is 5.89 Å². The molecule has 0 radical (unpaired) electrons. The summed E-state index contributed by atoms with van der Waals surface area (Å²) in [7, 11) is 0. The van der Waals surface area contributed by atoms with Crippen LogP contribution in [0.25, 0.3) is 11.5 Å². The first-order chi connectivity index (χ1) is 13.7. The van der Waals surface area contributed by atoms with Crippen LogP contribution in [0, 0.1) is 17.8 Å². The molecule has 3 aliphatic rings. The van der Waals surface area contributed by atoms with Gasteiger partial charge in [0.15, 0.2) is 6.61 Å². The fourth-order valence-electron chi connectivity index (χ4n) is 5.06. The quantitative estimate of drug-likeness (QED) is 0.664. The van der Waals surface area contributed by atoms with Gasteiger partial charge in [-0.05, 0) is 49.7 Å². The molecule has 3 fully saturated rings. The molecular weight excluding hydrogens is 392 g/mol. The van der Waals surface area contributed by atoms with E-state index >= 15 is 0 Å². The molecule has 0 amide bonds. The molecule has 1 aromatic heterocycles. The lowest BCUT2D eigenvalue weighted by molar-refractivity contribution is -0.153. The predicted molar refractivity (Wildman–Crippen MR) is 111 cm³/mol. The second-order valence-corrected chi connectivity index (χ2v) is 10.9. The highest BCUT2D eigenvalue weighted by Crippen LogP contribution is 2.64. The van der Waals surface area contributed by atoms with Crippen molar-refractivity contribution in [3.63, 3.8) is 0 Å². The average Bonchev–Trinajstić information content (AvgIpc) is 3.37. The Hall–Kier alpha value is -1.47. The maximum absolute atomic E-state index is 12.8. The van der Waals surface area contributed by atoms with Crippen LogP contribution in [0.15, 0.2) is 34.7 Å². The molecule has 1 unspecified atom stereocenters. The molecule has 1 aliphatic heterocycles. The Morgan fingerprint density at radius 2 is 1.82 bits per heavy atom. The zero-order valence-electron chi connectivity index (χ0n) is 15.7. The summed E-state index contributed by atoms with van der Waals surface area (Å²) in [5, 5.41) is 8.08. The summed E-state index contributed by atoms with van der Waals surface area (Å²) in [6.07, 6.45) is 5.75. The van der Waals surface area contributed by atoms with Crippen LogP contribution < -0.4 is 0 Å². The van der Waals surface area contributed by atoms with E-state index in [0.717, 1.165) is 18.4 Å². The van der Waals surface area contributed by atoms with Gasteiger partial charge >= 0.3 is 5.97 Å². The number of benzene rings is 1. The van der Waals surface area contributed by atoms with E-state index < -0.39 is 0 Å². The van der Waals surface area contributed by atoms with E-state index in [1.54, 1.807) is 0 Å².